The second-order valence-corrected chi connectivity index (χ2v) is 6.42. The van der Waals surface area contributed by atoms with Crippen LogP contribution in [0, 0.1) is 22.7 Å². The van der Waals surface area contributed by atoms with Gasteiger partial charge >= 0.3 is 6.18 Å². The molecule has 6 heteroatoms. The molecule has 0 radical (unpaired) electrons. The van der Waals surface area contributed by atoms with Crippen molar-refractivity contribution < 1.29 is 18.3 Å². The van der Waals surface area contributed by atoms with Crippen LogP contribution >= 0.6 is 0 Å². The Morgan fingerprint density at radius 3 is 2.30 bits per heavy atom. The first-order valence-corrected chi connectivity index (χ1v) is 7.00. The van der Waals surface area contributed by atoms with Gasteiger partial charge in [-0.3, -0.25) is 0 Å². The zero-order valence-corrected chi connectivity index (χ0v) is 12.1. The zero-order chi connectivity index (χ0) is 15.4. The van der Waals surface area contributed by atoms with Crippen LogP contribution in [0.2, 0.25) is 0 Å². The SMILES string of the molecule is CC(C)(CCC#N)CN1CCC(C(O)C(F)(F)F)CC1. The van der Waals surface area contributed by atoms with Crippen molar-refractivity contribution in [3.8, 4) is 6.07 Å². The second kappa shape index (κ2) is 6.77. The minimum Gasteiger partial charge on any atom is -0.383 e. The van der Waals surface area contributed by atoms with Crippen LogP contribution in [-0.4, -0.2) is 41.9 Å². The molecule has 1 fully saturated rings. The van der Waals surface area contributed by atoms with Gasteiger partial charge in [0.15, 0.2) is 6.10 Å². The molecule has 1 rings (SSSR count). The number of halogens is 3. The molecule has 20 heavy (non-hydrogen) atoms. The van der Waals surface area contributed by atoms with Gasteiger partial charge in [0.1, 0.15) is 0 Å². The van der Waals surface area contributed by atoms with E-state index in [0.29, 0.717) is 32.4 Å². The molecule has 1 N–H and O–H groups in total. The number of aliphatic hydroxyl groups excluding tert-OH is 1. The highest BCUT2D eigenvalue weighted by Gasteiger charge is 2.44. The van der Waals surface area contributed by atoms with E-state index in [-0.39, 0.29) is 5.41 Å². The maximum atomic E-state index is 12.4. The third kappa shape index (κ3) is 5.29. The molecule has 1 heterocycles. The number of rotatable bonds is 5. The first-order chi connectivity index (χ1) is 9.15. The highest BCUT2D eigenvalue weighted by atomic mass is 19.4. The van der Waals surface area contributed by atoms with Crippen LogP contribution in [0.3, 0.4) is 0 Å². The fourth-order valence-electron chi connectivity index (χ4n) is 2.77. The predicted octanol–water partition coefficient (Wildman–Crippen LogP) is 2.95. The van der Waals surface area contributed by atoms with Gasteiger partial charge in [-0.1, -0.05) is 13.8 Å². The molecule has 0 aromatic heterocycles. The Bertz CT molecular complexity index is 341. The zero-order valence-electron chi connectivity index (χ0n) is 12.1. The number of likely N-dealkylation sites (tertiary alicyclic amines) is 1. The lowest BCUT2D eigenvalue weighted by Crippen LogP contribution is -2.45. The number of piperidine rings is 1. The number of nitrogens with zero attached hydrogens (tertiary/aromatic N) is 2. The number of aliphatic hydroxyl groups is 1. The lowest BCUT2D eigenvalue weighted by atomic mass is 9.85. The summed E-state index contributed by atoms with van der Waals surface area (Å²) in [6, 6.07) is 2.12. The molecule has 1 atom stereocenters. The first kappa shape index (κ1) is 17.3. The van der Waals surface area contributed by atoms with E-state index in [1.807, 2.05) is 0 Å². The van der Waals surface area contributed by atoms with Crippen molar-refractivity contribution in [3.05, 3.63) is 0 Å². The minimum absolute atomic E-state index is 0.00872. The van der Waals surface area contributed by atoms with Crippen molar-refractivity contribution >= 4 is 0 Å². The van der Waals surface area contributed by atoms with Gasteiger partial charge in [-0.25, -0.2) is 0 Å². The van der Waals surface area contributed by atoms with Crippen LogP contribution < -0.4 is 0 Å². The number of nitriles is 1. The molecular weight excluding hydrogens is 269 g/mol. The molecule has 0 aromatic rings. The second-order valence-electron chi connectivity index (χ2n) is 6.42. The number of hydrogen-bond acceptors (Lipinski definition) is 3. The molecule has 0 aromatic carbocycles. The van der Waals surface area contributed by atoms with Gasteiger partial charge in [0.05, 0.1) is 6.07 Å². The molecule has 1 saturated heterocycles. The summed E-state index contributed by atoms with van der Waals surface area (Å²) in [5.41, 5.74) is -0.00872. The van der Waals surface area contributed by atoms with Gasteiger partial charge in [0.2, 0.25) is 0 Å². The average Bonchev–Trinajstić information content (AvgIpc) is 2.35. The van der Waals surface area contributed by atoms with E-state index in [1.54, 1.807) is 0 Å². The molecule has 0 amide bonds. The summed E-state index contributed by atoms with van der Waals surface area (Å²) in [5, 5.41) is 17.9. The van der Waals surface area contributed by atoms with E-state index in [9.17, 15) is 18.3 Å². The van der Waals surface area contributed by atoms with Crippen LogP contribution in [0.4, 0.5) is 13.2 Å². The van der Waals surface area contributed by atoms with Crippen molar-refractivity contribution in [3.63, 3.8) is 0 Å². The van der Waals surface area contributed by atoms with E-state index < -0.39 is 18.2 Å². The fourth-order valence-corrected chi connectivity index (χ4v) is 2.77. The molecular formula is C14H23F3N2O. The van der Waals surface area contributed by atoms with Crippen molar-refractivity contribution in [2.24, 2.45) is 11.3 Å². The summed E-state index contributed by atoms with van der Waals surface area (Å²) in [4.78, 5) is 2.14. The van der Waals surface area contributed by atoms with Gasteiger partial charge in [-0.05, 0) is 43.7 Å². The monoisotopic (exact) mass is 292 g/mol. The van der Waals surface area contributed by atoms with E-state index in [1.165, 1.54) is 0 Å². The van der Waals surface area contributed by atoms with Crippen molar-refractivity contribution in [2.45, 2.75) is 51.8 Å². The first-order valence-electron chi connectivity index (χ1n) is 7.00. The minimum atomic E-state index is -4.51. The van der Waals surface area contributed by atoms with Crippen LogP contribution in [0.25, 0.3) is 0 Å². The smallest absolute Gasteiger partial charge is 0.383 e. The average molecular weight is 292 g/mol. The third-order valence-electron chi connectivity index (χ3n) is 3.98. The van der Waals surface area contributed by atoms with Crippen molar-refractivity contribution in [1.29, 1.82) is 5.26 Å². The van der Waals surface area contributed by atoms with Gasteiger partial charge in [-0.2, -0.15) is 18.4 Å². The highest BCUT2D eigenvalue weighted by Crippen LogP contribution is 2.33. The molecule has 0 saturated carbocycles. The van der Waals surface area contributed by atoms with Crippen LogP contribution in [-0.2, 0) is 0 Å². The maximum Gasteiger partial charge on any atom is 0.414 e. The van der Waals surface area contributed by atoms with Crippen LogP contribution in [0.15, 0.2) is 0 Å². The Morgan fingerprint density at radius 2 is 1.85 bits per heavy atom. The lowest BCUT2D eigenvalue weighted by Gasteiger charge is -2.38. The quantitative estimate of drug-likeness (QED) is 0.847. The summed E-state index contributed by atoms with van der Waals surface area (Å²) in [5.74, 6) is -0.687. The molecule has 3 nitrogen and oxygen atoms in total. The summed E-state index contributed by atoms with van der Waals surface area (Å²) >= 11 is 0. The largest absolute Gasteiger partial charge is 0.414 e. The Labute approximate surface area is 118 Å². The topological polar surface area (TPSA) is 47.3 Å². The third-order valence-corrected chi connectivity index (χ3v) is 3.98. The number of alkyl halides is 3. The van der Waals surface area contributed by atoms with Crippen LogP contribution in [0.5, 0.6) is 0 Å². The molecule has 1 aliphatic rings. The Hall–Kier alpha value is -0.800. The summed E-state index contributed by atoms with van der Waals surface area (Å²) < 4.78 is 37.3. The lowest BCUT2D eigenvalue weighted by molar-refractivity contribution is -0.223. The Kier molecular flexibility index (Phi) is 5.84. The van der Waals surface area contributed by atoms with Crippen molar-refractivity contribution in [1.82, 2.24) is 4.90 Å². The van der Waals surface area contributed by atoms with E-state index in [4.69, 9.17) is 5.26 Å². The van der Waals surface area contributed by atoms with Crippen LogP contribution in [0.1, 0.15) is 39.5 Å². The summed E-state index contributed by atoms with van der Waals surface area (Å²) in [6.07, 6.45) is -4.69. The molecule has 1 aliphatic heterocycles. The van der Waals surface area contributed by atoms with Crippen molar-refractivity contribution in [2.75, 3.05) is 19.6 Å². The van der Waals surface area contributed by atoms with Gasteiger partial charge in [0, 0.05) is 13.0 Å². The molecule has 1 unspecified atom stereocenters. The standard InChI is InChI=1S/C14H23F3N2O/c1-13(2,6-3-7-18)10-19-8-4-11(5-9-19)12(20)14(15,16)17/h11-12,20H,3-6,8-10H2,1-2H3. The molecule has 0 bridgehead atoms. The summed E-state index contributed by atoms with van der Waals surface area (Å²) in [7, 11) is 0. The number of hydrogen-bond donors (Lipinski definition) is 1. The van der Waals surface area contributed by atoms with E-state index in [2.05, 4.69) is 24.8 Å². The Morgan fingerprint density at radius 1 is 1.30 bits per heavy atom. The summed E-state index contributed by atoms with van der Waals surface area (Å²) in [6.45, 7) is 6.08. The predicted molar refractivity (Wildman–Crippen MR) is 69.9 cm³/mol. The van der Waals surface area contributed by atoms with Gasteiger partial charge < -0.3 is 10.0 Å². The normalized spacial score (nSPS) is 20.6. The van der Waals surface area contributed by atoms with Gasteiger partial charge in [0.25, 0.3) is 0 Å². The maximum absolute atomic E-state index is 12.4. The van der Waals surface area contributed by atoms with Gasteiger partial charge in [-0.15, -0.1) is 0 Å². The molecule has 0 aliphatic carbocycles. The highest BCUT2D eigenvalue weighted by molar-refractivity contribution is 4.85. The fraction of sp³-hybridized carbons (Fsp3) is 0.929. The van der Waals surface area contributed by atoms with E-state index >= 15 is 0 Å². The molecule has 116 valence electrons. The Balaban J connectivity index is 2.41. The molecule has 0 spiro atoms. The van der Waals surface area contributed by atoms with E-state index in [0.717, 1.165) is 13.0 Å².